The second-order valence-corrected chi connectivity index (χ2v) is 4.52. The van der Waals surface area contributed by atoms with Gasteiger partial charge in [0.15, 0.2) is 5.82 Å². The van der Waals surface area contributed by atoms with E-state index >= 15 is 0 Å². The fraction of sp³-hybridized carbons (Fsp3) is 0.600. The van der Waals surface area contributed by atoms with Crippen molar-refractivity contribution in [3.8, 4) is 0 Å². The summed E-state index contributed by atoms with van der Waals surface area (Å²) in [6, 6.07) is -1.08. The number of nitrogens with one attached hydrogen (secondary N) is 1. The smallest absolute Gasteiger partial charge is 0.327 e. The fourth-order valence-corrected chi connectivity index (χ4v) is 1.68. The molecule has 0 aromatic carbocycles. The van der Waals surface area contributed by atoms with Crippen molar-refractivity contribution in [3.63, 3.8) is 0 Å². The molecule has 1 aromatic heterocycles. The van der Waals surface area contributed by atoms with Crippen LogP contribution in [0.5, 0.6) is 0 Å². The Morgan fingerprint density at radius 3 is 2.71 bits per heavy atom. The Balaban J connectivity index is 2.62. The van der Waals surface area contributed by atoms with Crippen molar-refractivity contribution < 1.29 is 19.5 Å². The Kier molecular flexibility index (Phi) is 3.35. The first-order chi connectivity index (χ1) is 6.40. The van der Waals surface area contributed by atoms with Crippen LogP contribution in [0.3, 0.4) is 0 Å². The number of H-pyrrole nitrogens is 1. The zero-order chi connectivity index (χ0) is 10.8. The van der Waals surface area contributed by atoms with Crippen LogP contribution in [0.25, 0.3) is 0 Å². The van der Waals surface area contributed by atoms with E-state index in [9.17, 15) is 9.67 Å². The molecule has 1 aromatic rings. The van der Waals surface area contributed by atoms with Gasteiger partial charge in [-0.15, -0.1) is 0 Å². The Bertz CT molecular complexity index is 322. The normalized spacial score (nSPS) is 16.6. The number of hydrogen-bond acceptors (Lipinski definition) is 5. The van der Waals surface area contributed by atoms with Crippen molar-refractivity contribution >= 4 is 7.60 Å². The molecular weight excluding hydrogens is 211 g/mol. The van der Waals surface area contributed by atoms with Gasteiger partial charge in [-0.2, -0.15) is 5.10 Å². The van der Waals surface area contributed by atoms with Gasteiger partial charge in [-0.25, -0.2) is 4.98 Å². The second-order valence-electron chi connectivity index (χ2n) is 2.83. The van der Waals surface area contributed by atoms with Crippen LogP contribution in [0, 0.1) is 0 Å². The van der Waals surface area contributed by atoms with E-state index in [-0.39, 0.29) is 5.82 Å². The van der Waals surface area contributed by atoms with Crippen LogP contribution in [0.2, 0.25) is 0 Å². The van der Waals surface area contributed by atoms with E-state index in [0.29, 0.717) is 0 Å². The maximum Gasteiger partial charge on any atom is 0.327 e. The molecule has 8 nitrogen and oxygen atoms in total. The lowest BCUT2D eigenvalue weighted by Crippen LogP contribution is -2.32. The molecule has 0 spiro atoms. The summed E-state index contributed by atoms with van der Waals surface area (Å²) in [6.07, 6.45) is -0.692. The minimum atomic E-state index is -4.22. The first kappa shape index (κ1) is 11.3. The zero-order valence-electron chi connectivity index (χ0n) is 7.11. The van der Waals surface area contributed by atoms with E-state index in [0.717, 1.165) is 0 Å². The molecule has 0 bridgehead atoms. The summed E-state index contributed by atoms with van der Waals surface area (Å²) >= 11 is 0. The van der Waals surface area contributed by atoms with Gasteiger partial charge in [0.05, 0.1) is 6.16 Å². The van der Waals surface area contributed by atoms with Gasteiger partial charge in [-0.05, 0) is 0 Å². The number of rotatable bonds is 4. The average Bonchev–Trinajstić information content (AvgIpc) is 2.51. The Morgan fingerprint density at radius 2 is 2.29 bits per heavy atom. The van der Waals surface area contributed by atoms with Gasteiger partial charge in [0.1, 0.15) is 12.4 Å². The van der Waals surface area contributed by atoms with Crippen LogP contribution in [-0.4, -0.2) is 42.3 Å². The fourth-order valence-electron chi connectivity index (χ4n) is 0.935. The summed E-state index contributed by atoms with van der Waals surface area (Å²) in [6.45, 7) is 0. The van der Waals surface area contributed by atoms with Crippen molar-refractivity contribution in [2.75, 3.05) is 6.16 Å². The number of aliphatic hydroxyl groups is 1. The van der Waals surface area contributed by atoms with Gasteiger partial charge in [0.25, 0.3) is 0 Å². The molecule has 0 radical (unpaired) electrons. The van der Waals surface area contributed by atoms with Crippen LogP contribution in [0.1, 0.15) is 11.9 Å². The standard InChI is InChI=1S/C5H11N4O4P/c6-3(1-14(11,12)13)4(10)5-7-2-8-9-5/h2-4,10H,1,6H2,(H,7,8,9)(H2,11,12,13)/t3-,4+/m0/s1. The predicted octanol–water partition coefficient (Wildman–Crippen LogP) is -1.66. The van der Waals surface area contributed by atoms with Crippen molar-refractivity contribution in [1.82, 2.24) is 15.2 Å². The van der Waals surface area contributed by atoms with Crippen LogP contribution in [0.4, 0.5) is 0 Å². The molecule has 1 heterocycles. The average molecular weight is 222 g/mol. The van der Waals surface area contributed by atoms with Gasteiger partial charge in [-0.3, -0.25) is 9.66 Å². The van der Waals surface area contributed by atoms with E-state index in [1.165, 1.54) is 6.33 Å². The number of aromatic amines is 1. The zero-order valence-corrected chi connectivity index (χ0v) is 8.00. The largest absolute Gasteiger partial charge is 0.383 e. The van der Waals surface area contributed by atoms with E-state index in [1.807, 2.05) is 0 Å². The molecule has 9 heteroatoms. The van der Waals surface area contributed by atoms with Crippen molar-refractivity contribution in [2.45, 2.75) is 12.1 Å². The first-order valence-corrected chi connectivity index (χ1v) is 5.53. The molecule has 0 fully saturated rings. The highest BCUT2D eigenvalue weighted by atomic mass is 31.2. The molecule has 2 atom stereocenters. The second kappa shape index (κ2) is 4.16. The van der Waals surface area contributed by atoms with Crippen molar-refractivity contribution in [1.29, 1.82) is 0 Å². The molecule has 6 N–H and O–H groups in total. The summed E-state index contributed by atoms with van der Waals surface area (Å²) in [5, 5.41) is 15.3. The molecule has 0 amide bonds. The third kappa shape index (κ3) is 3.17. The maximum absolute atomic E-state index is 10.6. The predicted molar refractivity (Wildman–Crippen MR) is 46.2 cm³/mol. The molecule has 0 saturated carbocycles. The summed E-state index contributed by atoms with van der Waals surface area (Å²) < 4.78 is 10.6. The van der Waals surface area contributed by atoms with Gasteiger partial charge in [0, 0.05) is 6.04 Å². The number of nitrogens with zero attached hydrogens (tertiary/aromatic N) is 2. The van der Waals surface area contributed by atoms with Gasteiger partial charge >= 0.3 is 7.60 Å². The molecule has 80 valence electrons. The molecule has 0 aliphatic rings. The molecule has 14 heavy (non-hydrogen) atoms. The van der Waals surface area contributed by atoms with Crippen molar-refractivity contribution in [3.05, 3.63) is 12.2 Å². The Hall–Kier alpha value is -0.790. The highest BCUT2D eigenvalue weighted by Gasteiger charge is 2.26. The van der Waals surface area contributed by atoms with Crippen LogP contribution in [-0.2, 0) is 4.57 Å². The summed E-state index contributed by atoms with van der Waals surface area (Å²) in [4.78, 5) is 20.8. The molecular formula is C5H11N4O4P. The molecule has 0 aliphatic carbocycles. The topological polar surface area (TPSA) is 145 Å². The highest BCUT2D eigenvalue weighted by Crippen LogP contribution is 2.36. The van der Waals surface area contributed by atoms with Crippen LogP contribution >= 0.6 is 7.60 Å². The Morgan fingerprint density at radius 1 is 1.64 bits per heavy atom. The Labute approximate surface area is 79.3 Å². The monoisotopic (exact) mass is 222 g/mol. The third-order valence-corrected chi connectivity index (χ3v) is 2.47. The summed E-state index contributed by atoms with van der Waals surface area (Å²) in [5.41, 5.74) is 5.36. The lowest BCUT2D eigenvalue weighted by molar-refractivity contribution is 0.142. The van der Waals surface area contributed by atoms with Gasteiger partial charge in [0.2, 0.25) is 0 Å². The molecule has 0 unspecified atom stereocenters. The number of nitrogens with two attached hydrogens (primary N) is 1. The van der Waals surface area contributed by atoms with E-state index in [4.69, 9.17) is 15.5 Å². The lowest BCUT2D eigenvalue weighted by atomic mass is 10.2. The minimum absolute atomic E-state index is 0.0888. The minimum Gasteiger partial charge on any atom is -0.383 e. The van der Waals surface area contributed by atoms with E-state index < -0.39 is 25.9 Å². The van der Waals surface area contributed by atoms with Crippen LogP contribution in [0.15, 0.2) is 6.33 Å². The highest BCUT2D eigenvalue weighted by molar-refractivity contribution is 7.51. The first-order valence-electron chi connectivity index (χ1n) is 3.73. The molecule has 0 saturated heterocycles. The number of aliphatic hydroxyl groups excluding tert-OH is 1. The summed E-state index contributed by atoms with van der Waals surface area (Å²) in [7, 11) is -4.22. The van der Waals surface area contributed by atoms with Crippen molar-refractivity contribution in [2.24, 2.45) is 5.73 Å². The third-order valence-electron chi connectivity index (χ3n) is 1.57. The van der Waals surface area contributed by atoms with Crippen LogP contribution < -0.4 is 5.73 Å². The SMILES string of the molecule is N[C@@H](CP(=O)(O)O)[C@@H](O)c1ncn[nH]1. The molecule has 0 aliphatic heterocycles. The summed E-state index contributed by atoms with van der Waals surface area (Å²) in [5.74, 6) is 0.0888. The number of hydrogen-bond donors (Lipinski definition) is 5. The van der Waals surface area contributed by atoms with Gasteiger partial charge < -0.3 is 20.6 Å². The molecule has 1 rings (SSSR count). The number of aromatic nitrogens is 3. The van der Waals surface area contributed by atoms with E-state index in [1.54, 1.807) is 0 Å². The quantitative estimate of drug-likeness (QED) is 0.383. The van der Waals surface area contributed by atoms with E-state index in [2.05, 4.69) is 15.2 Å². The lowest BCUT2D eigenvalue weighted by Gasteiger charge is -2.16. The van der Waals surface area contributed by atoms with Gasteiger partial charge in [-0.1, -0.05) is 0 Å². The maximum atomic E-state index is 10.6.